The average Bonchev–Trinajstić information content (AvgIpc) is 2.26. The van der Waals surface area contributed by atoms with Crippen LogP contribution >= 0.6 is 0 Å². The number of unbranched alkanes of at least 4 members (excludes halogenated alkanes) is 1. The van der Waals surface area contributed by atoms with Crippen LogP contribution in [0.1, 0.15) is 35.7 Å². The minimum Gasteiger partial charge on any atom is -0.277 e. The van der Waals surface area contributed by atoms with Gasteiger partial charge in [-0.2, -0.15) is 5.26 Å². The lowest BCUT2D eigenvalue weighted by Crippen LogP contribution is -1.94. The third kappa shape index (κ3) is 2.70. The van der Waals surface area contributed by atoms with Gasteiger partial charge in [0, 0.05) is 5.56 Å². The summed E-state index contributed by atoms with van der Waals surface area (Å²) in [6.45, 7) is 2.15. The van der Waals surface area contributed by atoms with Gasteiger partial charge in [-0.25, -0.2) is 0 Å². The van der Waals surface area contributed by atoms with E-state index in [9.17, 15) is 4.79 Å². The lowest BCUT2D eigenvalue weighted by Gasteiger charge is -1.99. The number of benzene rings is 1. The van der Waals surface area contributed by atoms with Gasteiger partial charge in [-0.05, 0) is 18.4 Å². The van der Waals surface area contributed by atoms with Crippen molar-refractivity contribution in [1.29, 1.82) is 5.26 Å². The summed E-state index contributed by atoms with van der Waals surface area (Å²) in [7, 11) is 0. The number of ketones is 1. The molecule has 0 atom stereocenters. The van der Waals surface area contributed by atoms with Crippen molar-refractivity contribution < 1.29 is 4.79 Å². The van der Waals surface area contributed by atoms with E-state index in [1.165, 1.54) is 12.0 Å². The van der Waals surface area contributed by atoms with Crippen LogP contribution in [0.25, 0.3) is 0 Å². The van der Waals surface area contributed by atoms with Crippen LogP contribution < -0.4 is 0 Å². The van der Waals surface area contributed by atoms with Crippen molar-refractivity contribution in [2.45, 2.75) is 26.2 Å². The summed E-state index contributed by atoms with van der Waals surface area (Å²) in [6.07, 6.45) is 3.36. The van der Waals surface area contributed by atoms with E-state index in [0.717, 1.165) is 12.8 Å². The Labute approximate surface area is 84.2 Å². The van der Waals surface area contributed by atoms with E-state index < -0.39 is 5.78 Å². The van der Waals surface area contributed by atoms with Crippen molar-refractivity contribution in [3.05, 3.63) is 35.4 Å². The van der Waals surface area contributed by atoms with Gasteiger partial charge in [-0.3, -0.25) is 4.79 Å². The van der Waals surface area contributed by atoms with Crippen LogP contribution in [-0.4, -0.2) is 5.78 Å². The Morgan fingerprint density at radius 3 is 2.50 bits per heavy atom. The molecule has 0 N–H and O–H groups in total. The van der Waals surface area contributed by atoms with Crippen molar-refractivity contribution >= 4 is 5.78 Å². The quantitative estimate of drug-likeness (QED) is 0.537. The minimum atomic E-state index is -0.466. The fourth-order valence-electron chi connectivity index (χ4n) is 1.27. The molecule has 0 unspecified atom stereocenters. The number of carbonyl (C=O) groups excluding carboxylic acids is 1. The van der Waals surface area contributed by atoms with Gasteiger partial charge >= 0.3 is 0 Å². The first-order valence-corrected chi connectivity index (χ1v) is 4.81. The highest BCUT2D eigenvalue weighted by Gasteiger charge is 2.02. The van der Waals surface area contributed by atoms with Crippen molar-refractivity contribution in [2.24, 2.45) is 0 Å². The molecule has 1 aromatic rings. The van der Waals surface area contributed by atoms with Crippen LogP contribution in [0.5, 0.6) is 0 Å². The summed E-state index contributed by atoms with van der Waals surface area (Å²) in [4.78, 5) is 11.0. The summed E-state index contributed by atoms with van der Waals surface area (Å²) in [6, 6.07) is 8.88. The SMILES string of the molecule is CCCCc1ccc(C(=O)C#N)cc1. The van der Waals surface area contributed by atoms with Crippen LogP contribution in [-0.2, 0) is 6.42 Å². The van der Waals surface area contributed by atoms with E-state index >= 15 is 0 Å². The fourth-order valence-corrected chi connectivity index (χ4v) is 1.27. The zero-order chi connectivity index (χ0) is 10.4. The number of hydrogen-bond donors (Lipinski definition) is 0. The fraction of sp³-hybridized carbons (Fsp3) is 0.333. The van der Waals surface area contributed by atoms with E-state index in [0.29, 0.717) is 5.56 Å². The number of hydrogen-bond acceptors (Lipinski definition) is 2. The molecule has 0 spiro atoms. The molecule has 72 valence electrons. The molecule has 0 fully saturated rings. The first kappa shape index (κ1) is 10.5. The van der Waals surface area contributed by atoms with Crippen LogP contribution in [0, 0.1) is 11.3 Å². The van der Waals surface area contributed by atoms with Crippen molar-refractivity contribution in [1.82, 2.24) is 0 Å². The summed E-state index contributed by atoms with van der Waals surface area (Å²) in [5.74, 6) is -0.466. The van der Waals surface area contributed by atoms with E-state index in [1.54, 1.807) is 18.2 Å². The van der Waals surface area contributed by atoms with Crippen molar-refractivity contribution in [3.8, 4) is 6.07 Å². The number of aryl methyl sites for hydroxylation is 1. The molecule has 1 rings (SSSR count). The normalized spacial score (nSPS) is 9.43. The molecular formula is C12H13NO. The predicted octanol–water partition coefficient (Wildman–Crippen LogP) is 2.74. The van der Waals surface area contributed by atoms with Gasteiger partial charge in [0.15, 0.2) is 0 Å². The molecule has 0 bridgehead atoms. The lowest BCUT2D eigenvalue weighted by molar-refractivity contribution is 0.105. The first-order valence-electron chi connectivity index (χ1n) is 4.81. The third-order valence-electron chi connectivity index (χ3n) is 2.14. The van der Waals surface area contributed by atoms with Gasteiger partial charge in [0.05, 0.1) is 0 Å². The van der Waals surface area contributed by atoms with Gasteiger partial charge in [-0.1, -0.05) is 37.6 Å². The summed E-state index contributed by atoms with van der Waals surface area (Å²) < 4.78 is 0. The van der Waals surface area contributed by atoms with Gasteiger partial charge < -0.3 is 0 Å². The largest absolute Gasteiger partial charge is 0.277 e. The highest BCUT2D eigenvalue weighted by atomic mass is 16.1. The maximum absolute atomic E-state index is 11.0. The van der Waals surface area contributed by atoms with Gasteiger partial charge in [0.1, 0.15) is 6.07 Å². The maximum atomic E-state index is 11.0. The Balaban J connectivity index is 2.69. The molecule has 2 nitrogen and oxygen atoms in total. The Hall–Kier alpha value is -1.62. The molecule has 14 heavy (non-hydrogen) atoms. The lowest BCUT2D eigenvalue weighted by atomic mass is 10.0. The molecule has 1 aromatic carbocycles. The molecule has 0 aliphatic carbocycles. The maximum Gasteiger partial charge on any atom is 0.262 e. The molecule has 0 aromatic heterocycles. The molecule has 0 saturated carbocycles. The Kier molecular flexibility index (Phi) is 3.87. The standard InChI is InChI=1S/C12H13NO/c1-2-3-4-10-5-7-11(8-6-10)12(14)9-13/h5-8H,2-4H2,1H3. The molecule has 0 saturated heterocycles. The molecule has 2 heteroatoms. The number of rotatable bonds is 4. The van der Waals surface area contributed by atoms with Crippen LogP contribution in [0.2, 0.25) is 0 Å². The first-order chi connectivity index (χ1) is 6.77. The average molecular weight is 187 g/mol. The van der Waals surface area contributed by atoms with Gasteiger partial charge in [-0.15, -0.1) is 0 Å². The van der Waals surface area contributed by atoms with Crippen LogP contribution in [0.15, 0.2) is 24.3 Å². The summed E-state index contributed by atoms with van der Waals surface area (Å²) in [5, 5.41) is 8.40. The minimum absolute atomic E-state index is 0.466. The smallest absolute Gasteiger partial charge is 0.262 e. The van der Waals surface area contributed by atoms with E-state index in [1.807, 2.05) is 12.1 Å². The Morgan fingerprint density at radius 2 is 2.00 bits per heavy atom. The Bertz CT molecular complexity index is 346. The van der Waals surface area contributed by atoms with Crippen molar-refractivity contribution in [2.75, 3.05) is 0 Å². The number of Topliss-reactive ketones (excluding diaryl/α,β-unsaturated/α-hetero) is 1. The molecule has 0 aliphatic rings. The second-order valence-corrected chi connectivity index (χ2v) is 3.24. The highest BCUT2D eigenvalue weighted by molar-refractivity contribution is 6.07. The molecule has 0 radical (unpaired) electrons. The predicted molar refractivity (Wildman–Crippen MR) is 55.0 cm³/mol. The topological polar surface area (TPSA) is 40.9 Å². The third-order valence-corrected chi connectivity index (χ3v) is 2.14. The Morgan fingerprint density at radius 1 is 1.36 bits per heavy atom. The summed E-state index contributed by atoms with van der Waals surface area (Å²) >= 11 is 0. The van der Waals surface area contributed by atoms with E-state index in [4.69, 9.17) is 5.26 Å². The number of carbonyl (C=O) groups is 1. The highest BCUT2D eigenvalue weighted by Crippen LogP contribution is 2.08. The van der Waals surface area contributed by atoms with Gasteiger partial charge in [0.2, 0.25) is 0 Å². The van der Waals surface area contributed by atoms with Crippen LogP contribution in [0.4, 0.5) is 0 Å². The van der Waals surface area contributed by atoms with Crippen LogP contribution in [0.3, 0.4) is 0 Å². The summed E-state index contributed by atoms with van der Waals surface area (Å²) in [5.41, 5.74) is 1.70. The molecular weight excluding hydrogens is 174 g/mol. The monoisotopic (exact) mass is 187 g/mol. The second kappa shape index (κ2) is 5.18. The molecule has 0 aliphatic heterocycles. The molecule has 0 heterocycles. The second-order valence-electron chi connectivity index (χ2n) is 3.24. The number of nitriles is 1. The van der Waals surface area contributed by atoms with E-state index in [-0.39, 0.29) is 0 Å². The molecule has 0 amide bonds. The zero-order valence-corrected chi connectivity index (χ0v) is 8.29. The van der Waals surface area contributed by atoms with Gasteiger partial charge in [0.25, 0.3) is 5.78 Å². The zero-order valence-electron chi connectivity index (χ0n) is 8.29. The number of nitrogens with zero attached hydrogens (tertiary/aromatic N) is 1. The van der Waals surface area contributed by atoms with Crippen molar-refractivity contribution in [3.63, 3.8) is 0 Å². The van der Waals surface area contributed by atoms with E-state index in [2.05, 4.69) is 6.92 Å².